The first-order chi connectivity index (χ1) is 13.3. The summed E-state index contributed by atoms with van der Waals surface area (Å²) in [6.07, 6.45) is 0.957. The van der Waals surface area contributed by atoms with Crippen molar-refractivity contribution >= 4 is 11.6 Å². The van der Waals surface area contributed by atoms with Gasteiger partial charge in [-0.2, -0.15) is 0 Å². The summed E-state index contributed by atoms with van der Waals surface area (Å²) in [6.45, 7) is 3.82. The average Bonchev–Trinajstić information content (AvgIpc) is 2.95. The van der Waals surface area contributed by atoms with E-state index in [2.05, 4.69) is 29.2 Å². The molecule has 0 radical (unpaired) electrons. The van der Waals surface area contributed by atoms with Crippen LogP contribution in [0, 0.1) is 5.92 Å². The second-order valence-corrected chi connectivity index (χ2v) is 7.20. The van der Waals surface area contributed by atoms with E-state index >= 15 is 0 Å². The number of hydrogen-bond acceptors (Lipinski definition) is 4. The molecule has 0 spiro atoms. The second kappa shape index (κ2) is 8.01. The number of amides is 1. The summed E-state index contributed by atoms with van der Waals surface area (Å²) in [5.41, 5.74) is 1.92. The van der Waals surface area contributed by atoms with Crippen molar-refractivity contribution < 1.29 is 14.3 Å². The van der Waals surface area contributed by atoms with E-state index < -0.39 is 0 Å². The molecule has 2 aliphatic rings. The van der Waals surface area contributed by atoms with Gasteiger partial charge < -0.3 is 19.3 Å². The third kappa shape index (κ3) is 3.78. The molecule has 0 saturated carbocycles. The number of methoxy groups -OCH3 is 1. The van der Waals surface area contributed by atoms with Gasteiger partial charge in [0.15, 0.2) is 0 Å². The maximum atomic E-state index is 13.0. The first-order valence-electron chi connectivity index (χ1n) is 9.59. The summed E-state index contributed by atoms with van der Waals surface area (Å²) >= 11 is 0. The SMILES string of the molecule is COc1cccc(C(=O)N2CC[C@H]3[C@@H](COCCN3c3ccccc3)C2)c1. The molecule has 2 fully saturated rings. The van der Waals surface area contributed by atoms with Crippen molar-refractivity contribution in [2.45, 2.75) is 12.5 Å². The largest absolute Gasteiger partial charge is 0.497 e. The zero-order valence-corrected chi connectivity index (χ0v) is 15.7. The molecule has 1 amide bonds. The third-order valence-electron chi connectivity index (χ3n) is 5.59. The predicted molar refractivity (Wildman–Crippen MR) is 105 cm³/mol. The lowest BCUT2D eigenvalue weighted by Gasteiger charge is -2.43. The minimum atomic E-state index is 0.0721. The van der Waals surface area contributed by atoms with Crippen molar-refractivity contribution in [3.05, 3.63) is 60.2 Å². The predicted octanol–water partition coefficient (Wildman–Crippen LogP) is 3.06. The van der Waals surface area contributed by atoms with Crippen LogP contribution >= 0.6 is 0 Å². The number of carbonyl (C=O) groups is 1. The molecule has 5 heteroatoms. The molecule has 2 aliphatic heterocycles. The number of fused-ring (bicyclic) bond motifs is 1. The Bertz CT molecular complexity index is 780. The summed E-state index contributed by atoms with van der Waals surface area (Å²) in [4.78, 5) is 17.4. The Hall–Kier alpha value is -2.53. The van der Waals surface area contributed by atoms with Gasteiger partial charge in [-0.25, -0.2) is 0 Å². The van der Waals surface area contributed by atoms with Crippen LogP contribution in [0.4, 0.5) is 5.69 Å². The average molecular weight is 366 g/mol. The molecule has 0 bridgehead atoms. The molecule has 4 rings (SSSR count). The van der Waals surface area contributed by atoms with Crippen LogP contribution in [0.15, 0.2) is 54.6 Å². The zero-order chi connectivity index (χ0) is 18.6. The van der Waals surface area contributed by atoms with Gasteiger partial charge in [-0.05, 0) is 36.8 Å². The van der Waals surface area contributed by atoms with Gasteiger partial charge in [-0.3, -0.25) is 4.79 Å². The lowest BCUT2D eigenvalue weighted by atomic mass is 9.90. The Labute approximate surface area is 160 Å². The van der Waals surface area contributed by atoms with Crippen molar-refractivity contribution in [2.24, 2.45) is 5.92 Å². The van der Waals surface area contributed by atoms with Crippen LogP contribution in [-0.4, -0.2) is 56.8 Å². The minimum Gasteiger partial charge on any atom is -0.497 e. The quantitative estimate of drug-likeness (QED) is 0.837. The summed E-state index contributed by atoms with van der Waals surface area (Å²) in [5, 5.41) is 0. The number of anilines is 1. The number of ether oxygens (including phenoxy) is 2. The molecule has 2 saturated heterocycles. The lowest BCUT2D eigenvalue weighted by Crippen LogP contribution is -2.53. The number of rotatable bonds is 3. The molecule has 142 valence electrons. The van der Waals surface area contributed by atoms with Crippen LogP contribution in [0.2, 0.25) is 0 Å². The minimum absolute atomic E-state index is 0.0721. The zero-order valence-electron chi connectivity index (χ0n) is 15.7. The number of likely N-dealkylation sites (tertiary alicyclic amines) is 1. The maximum absolute atomic E-state index is 13.0. The fraction of sp³-hybridized carbons (Fsp3) is 0.409. The molecule has 0 aliphatic carbocycles. The summed E-state index contributed by atoms with van der Waals surface area (Å²) < 4.78 is 11.1. The first kappa shape index (κ1) is 17.9. The van der Waals surface area contributed by atoms with Crippen molar-refractivity contribution in [3.63, 3.8) is 0 Å². The molecular formula is C22H26N2O3. The van der Waals surface area contributed by atoms with Gasteiger partial charge in [0.05, 0.1) is 20.3 Å². The highest BCUT2D eigenvalue weighted by Crippen LogP contribution is 2.30. The van der Waals surface area contributed by atoms with Gasteiger partial charge in [-0.15, -0.1) is 0 Å². The summed E-state index contributed by atoms with van der Waals surface area (Å²) in [5.74, 6) is 1.10. The molecule has 2 heterocycles. The van der Waals surface area contributed by atoms with E-state index in [1.54, 1.807) is 7.11 Å². The summed E-state index contributed by atoms with van der Waals surface area (Å²) in [7, 11) is 1.62. The van der Waals surface area contributed by atoms with Gasteiger partial charge >= 0.3 is 0 Å². The van der Waals surface area contributed by atoms with Crippen LogP contribution < -0.4 is 9.64 Å². The van der Waals surface area contributed by atoms with Crippen molar-refractivity contribution in [1.82, 2.24) is 4.90 Å². The van der Waals surface area contributed by atoms with E-state index in [1.165, 1.54) is 5.69 Å². The number of para-hydroxylation sites is 1. The standard InChI is InChI=1S/C22H26N2O3/c1-26-20-9-5-6-17(14-20)22(25)23-11-10-21-18(15-23)16-27-13-12-24(21)19-7-3-2-4-8-19/h2-9,14,18,21H,10-13,15-16H2,1H3/t18-,21+/m1/s1. The van der Waals surface area contributed by atoms with Crippen LogP contribution in [0.5, 0.6) is 5.75 Å². The molecule has 2 aromatic rings. The van der Waals surface area contributed by atoms with E-state index in [1.807, 2.05) is 35.2 Å². The van der Waals surface area contributed by atoms with E-state index in [0.717, 1.165) is 32.7 Å². The molecule has 2 atom stereocenters. The highest BCUT2D eigenvalue weighted by molar-refractivity contribution is 5.94. The number of hydrogen-bond donors (Lipinski definition) is 0. The molecule has 2 aromatic carbocycles. The van der Waals surface area contributed by atoms with E-state index in [0.29, 0.717) is 29.9 Å². The Kier molecular flexibility index (Phi) is 5.30. The van der Waals surface area contributed by atoms with Crippen LogP contribution in [0.25, 0.3) is 0 Å². The van der Waals surface area contributed by atoms with Crippen molar-refractivity contribution in [3.8, 4) is 5.75 Å². The highest BCUT2D eigenvalue weighted by Gasteiger charge is 2.37. The number of carbonyl (C=O) groups excluding carboxylic acids is 1. The monoisotopic (exact) mass is 366 g/mol. The molecule has 0 aromatic heterocycles. The number of benzene rings is 2. The molecule has 0 N–H and O–H groups in total. The second-order valence-electron chi connectivity index (χ2n) is 7.20. The van der Waals surface area contributed by atoms with Crippen LogP contribution in [-0.2, 0) is 4.74 Å². The Morgan fingerprint density at radius 1 is 1.11 bits per heavy atom. The normalized spacial score (nSPS) is 22.7. The topological polar surface area (TPSA) is 42.0 Å². The van der Waals surface area contributed by atoms with E-state index in [-0.39, 0.29) is 5.91 Å². The molecule has 5 nitrogen and oxygen atoms in total. The number of piperidine rings is 1. The van der Waals surface area contributed by atoms with Crippen molar-refractivity contribution in [1.29, 1.82) is 0 Å². The summed E-state index contributed by atoms with van der Waals surface area (Å²) in [6, 6.07) is 18.3. The van der Waals surface area contributed by atoms with Gasteiger partial charge in [-0.1, -0.05) is 24.3 Å². The Morgan fingerprint density at radius 2 is 1.96 bits per heavy atom. The van der Waals surface area contributed by atoms with Gasteiger partial charge in [0.2, 0.25) is 0 Å². The highest BCUT2D eigenvalue weighted by atomic mass is 16.5. The Morgan fingerprint density at radius 3 is 2.78 bits per heavy atom. The van der Waals surface area contributed by atoms with Crippen LogP contribution in [0.3, 0.4) is 0 Å². The van der Waals surface area contributed by atoms with E-state index in [9.17, 15) is 4.79 Å². The fourth-order valence-electron chi connectivity index (χ4n) is 4.22. The molecular weight excluding hydrogens is 340 g/mol. The third-order valence-corrected chi connectivity index (χ3v) is 5.59. The van der Waals surface area contributed by atoms with Gasteiger partial charge in [0.1, 0.15) is 5.75 Å². The van der Waals surface area contributed by atoms with Gasteiger partial charge in [0.25, 0.3) is 5.91 Å². The number of nitrogens with zero attached hydrogens (tertiary/aromatic N) is 2. The van der Waals surface area contributed by atoms with Crippen molar-refractivity contribution in [2.75, 3.05) is 44.9 Å². The Balaban J connectivity index is 1.51. The maximum Gasteiger partial charge on any atom is 0.254 e. The van der Waals surface area contributed by atoms with Gasteiger partial charge in [0, 0.05) is 42.8 Å². The molecule has 27 heavy (non-hydrogen) atoms. The fourth-order valence-corrected chi connectivity index (χ4v) is 4.22. The first-order valence-corrected chi connectivity index (χ1v) is 9.59. The molecule has 0 unspecified atom stereocenters. The van der Waals surface area contributed by atoms with Crippen LogP contribution in [0.1, 0.15) is 16.8 Å². The van der Waals surface area contributed by atoms with E-state index in [4.69, 9.17) is 9.47 Å². The lowest BCUT2D eigenvalue weighted by molar-refractivity contribution is 0.0520. The smallest absolute Gasteiger partial charge is 0.254 e.